The van der Waals surface area contributed by atoms with E-state index in [-0.39, 0.29) is 11.8 Å². The van der Waals surface area contributed by atoms with Crippen LogP contribution in [-0.2, 0) is 0 Å². The Balaban J connectivity index is 1.78. The second-order valence-corrected chi connectivity index (χ2v) is 7.77. The molecule has 162 valence electrons. The first-order chi connectivity index (χ1) is 15.1. The minimum absolute atomic E-state index is 0.0531. The fraction of sp³-hybridized carbons (Fsp3) is 0.269. The normalized spacial score (nSPS) is 11.6. The number of unbranched alkanes of at least 4 members (excludes halogenated alkanes) is 1. The summed E-state index contributed by atoms with van der Waals surface area (Å²) in [4.78, 5) is 13.0. The van der Waals surface area contributed by atoms with Gasteiger partial charge in [0.1, 0.15) is 11.5 Å². The van der Waals surface area contributed by atoms with Gasteiger partial charge >= 0.3 is 0 Å². The number of hydrogen-bond donors (Lipinski definition) is 1. The summed E-state index contributed by atoms with van der Waals surface area (Å²) in [7, 11) is 1.61. The van der Waals surface area contributed by atoms with Crippen LogP contribution in [0.4, 0.5) is 5.69 Å². The van der Waals surface area contributed by atoms with Crippen molar-refractivity contribution >= 4 is 23.1 Å². The molecule has 0 bridgehead atoms. The van der Waals surface area contributed by atoms with Crippen molar-refractivity contribution < 1.29 is 14.3 Å². The Labute approximate surface area is 189 Å². The summed E-state index contributed by atoms with van der Waals surface area (Å²) in [5.41, 5.74) is 2.57. The summed E-state index contributed by atoms with van der Waals surface area (Å²) in [6.45, 7) is 2.84. The number of methoxy groups -OCH3 is 1. The number of ether oxygens (including phenoxy) is 2. The van der Waals surface area contributed by atoms with Gasteiger partial charge in [0.2, 0.25) is 0 Å². The van der Waals surface area contributed by atoms with Crippen LogP contribution in [0, 0.1) is 0 Å². The topological polar surface area (TPSA) is 47.6 Å². The van der Waals surface area contributed by atoms with E-state index in [9.17, 15) is 4.79 Å². The summed E-state index contributed by atoms with van der Waals surface area (Å²) in [5, 5.41) is 4.14. The van der Waals surface area contributed by atoms with E-state index in [1.165, 1.54) is 0 Å². The fourth-order valence-electron chi connectivity index (χ4n) is 3.21. The average molecular weight is 438 g/mol. The first-order valence-electron chi connectivity index (χ1n) is 10.5. The minimum atomic E-state index is -0.194. The third-order valence-corrected chi connectivity index (χ3v) is 5.29. The van der Waals surface area contributed by atoms with Crippen molar-refractivity contribution in [2.75, 3.05) is 19.0 Å². The van der Waals surface area contributed by atoms with E-state index in [4.69, 9.17) is 21.1 Å². The Hall–Kier alpha value is -2.98. The lowest BCUT2D eigenvalue weighted by atomic mass is 9.97. The molecule has 0 aliphatic carbocycles. The van der Waals surface area contributed by atoms with Crippen molar-refractivity contribution in [2.24, 2.45) is 0 Å². The van der Waals surface area contributed by atoms with E-state index in [1.807, 2.05) is 48.5 Å². The molecule has 0 amide bonds. The Bertz CT molecular complexity index is 953. The van der Waals surface area contributed by atoms with E-state index in [1.54, 1.807) is 31.4 Å². The fourth-order valence-corrected chi connectivity index (χ4v) is 3.34. The summed E-state index contributed by atoms with van der Waals surface area (Å²) in [5.74, 6) is 1.62. The molecule has 4 nitrogen and oxygen atoms in total. The van der Waals surface area contributed by atoms with Crippen LogP contribution in [0.5, 0.6) is 11.5 Å². The molecular weight excluding hydrogens is 410 g/mol. The van der Waals surface area contributed by atoms with Crippen LogP contribution in [0.1, 0.15) is 48.1 Å². The third-order valence-electron chi connectivity index (χ3n) is 5.04. The molecule has 3 rings (SSSR count). The molecule has 31 heavy (non-hydrogen) atoms. The predicted molar refractivity (Wildman–Crippen MR) is 127 cm³/mol. The van der Waals surface area contributed by atoms with E-state index >= 15 is 0 Å². The van der Waals surface area contributed by atoms with E-state index in [2.05, 4.69) is 12.2 Å². The summed E-state index contributed by atoms with van der Waals surface area (Å²) in [6.07, 6.45) is 2.43. The van der Waals surface area contributed by atoms with Crippen LogP contribution in [0.25, 0.3) is 0 Å². The molecule has 0 radical (unpaired) electrons. The largest absolute Gasteiger partial charge is 0.497 e. The lowest BCUT2D eigenvalue weighted by molar-refractivity contribution is 0.0976. The van der Waals surface area contributed by atoms with Crippen molar-refractivity contribution in [2.45, 2.75) is 32.2 Å². The first-order valence-corrected chi connectivity index (χ1v) is 10.9. The molecule has 0 aliphatic heterocycles. The lowest BCUT2D eigenvalue weighted by Crippen LogP contribution is -2.16. The Morgan fingerprint density at radius 1 is 0.935 bits per heavy atom. The highest BCUT2D eigenvalue weighted by atomic mass is 35.5. The molecule has 0 saturated heterocycles. The zero-order chi connectivity index (χ0) is 22.1. The number of rotatable bonds is 11. The summed E-state index contributed by atoms with van der Waals surface area (Å²) in [6, 6.07) is 22.4. The molecule has 0 saturated carbocycles. The number of nitrogens with one attached hydrogen (secondary N) is 1. The number of halogens is 1. The van der Waals surface area contributed by atoms with Crippen molar-refractivity contribution in [3.63, 3.8) is 0 Å². The lowest BCUT2D eigenvalue weighted by Gasteiger charge is -2.21. The van der Waals surface area contributed by atoms with Crippen molar-refractivity contribution in [1.82, 2.24) is 0 Å². The van der Waals surface area contributed by atoms with Gasteiger partial charge in [-0.15, -0.1) is 0 Å². The van der Waals surface area contributed by atoms with Gasteiger partial charge in [-0.1, -0.05) is 37.1 Å². The van der Waals surface area contributed by atoms with Crippen LogP contribution in [0.15, 0.2) is 72.8 Å². The molecule has 3 aromatic carbocycles. The third kappa shape index (κ3) is 6.76. The van der Waals surface area contributed by atoms with Crippen LogP contribution in [0.2, 0.25) is 5.02 Å². The molecule has 0 spiro atoms. The highest BCUT2D eigenvalue weighted by molar-refractivity contribution is 6.30. The van der Waals surface area contributed by atoms with Gasteiger partial charge < -0.3 is 14.8 Å². The van der Waals surface area contributed by atoms with Crippen molar-refractivity contribution in [3.8, 4) is 11.5 Å². The zero-order valence-corrected chi connectivity index (χ0v) is 18.7. The maximum atomic E-state index is 13.0. The standard InChI is InChI=1S/C26H28ClNO3/c1-3-4-17-31-24-15-5-19(6-16-24)25(28-22-11-9-21(27)10-12-22)18-26(29)20-7-13-23(30-2)14-8-20/h5-16,25,28H,3-4,17-18H2,1-2H3/t25-/m1/s1. The first kappa shape index (κ1) is 22.7. The average Bonchev–Trinajstić information content (AvgIpc) is 2.80. The molecule has 1 atom stereocenters. The van der Waals surface area contributed by atoms with Gasteiger partial charge in [0.05, 0.1) is 19.8 Å². The Morgan fingerprint density at radius 2 is 1.58 bits per heavy atom. The van der Waals surface area contributed by atoms with Crippen molar-refractivity contribution in [1.29, 1.82) is 0 Å². The van der Waals surface area contributed by atoms with E-state index < -0.39 is 0 Å². The Kier molecular flexibility index (Phi) is 8.36. The van der Waals surface area contributed by atoms with Crippen LogP contribution >= 0.6 is 11.6 Å². The molecule has 0 heterocycles. The van der Waals surface area contributed by atoms with Gasteiger partial charge in [-0.3, -0.25) is 4.79 Å². The Morgan fingerprint density at radius 3 is 2.19 bits per heavy atom. The number of anilines is 1. The molecular formula is C26H28ClNO3. The zero-order valence-electron chi connectivity index (χ0n) is 17.9. The maximum absolute atomic E-state index is 13.0. The smallest absolute Gasteiger partial charge is 0.165 e. The van der Waals surface area contributed by atoms with Crippen LogP contribution in [0.3, 0.4) is 0 Å². The highest BCUT2D eigenvalue weighted by Gasteiger charge is 2.18. The second kappa shape index (κ2) is 11.4. The number of Topliss-reactive ketones (excluding diaryl/α,β-unsaturated/α-hetero) is 1. The minimum Gasteiger partial charge on any atom is -0.497 e. The molecule has 3 aromatic rings. The van der Waals surface area contributed by atoms with Gasteiger partial charge in [0, 0.05) is 22.7 Å². The SMILES string of the molecule is CCCCOc1ccc([C@@H](CC(=O)c2ccc(OC)cc2)Nc2ccc(Cl)cc2)cc1. The van der Waals surface area contributed by atoms with Gasteiger partial charge in [0.25, 0.3) is 0 Å². The summed E-state index contributed by atoms with van der Waals surface area (Å²) >= 11 is 6.02. The van der Waals surface area contributed by atoms with Gasteiger partial charge in [-0.25, -0.2) is 0 Å². The quantitative estimate of drug-likeness (QED) is 0.260. The number of benzene rings is 3. The maximum Gasteiger partial charge on any atom is 0.165 e. The molecule has 0 fully saturated rings. The number of carbonyl (C=O) groups is 1. The molecule has 0 aromatic heterocycles. The van der Waals surface area contributed by atoms with Crippen molar-refractivity contribution in [3.05, 3.63) is 88.9 Å². The van der Waals surface area contributed by atoms with E-state index in [0.29, 0.717) is 23.6 Å². The monoisotopic (exact) mass is 437 g/mol. The molecule has 5 heteroatoms. The van der Waals surface area contributed by atoms with Gasteiger partial charge in [-0.2, -0.15) is 0 Å². The second-order valence-electron chi connectivity index (χ2n) is 7.33. The number of carbonyl (C=O) groups excluding carboxylic acids is 1. The van der Waals surface area contributed by atoms with E-state index in [0.717, 1.165) is 35.6 Å². The van der Waals surface area contributed by atoms with Crippen LogP contribution in [-0.4, -0.2) is 19.5 Å². The highest BCUT2D eigenvalue weighted by Crippen LogP contribution is 2.27. The van der Waals surface area contributed by atoms with Crippen LogP contribution < -0.4 is 14.8 Å². The molecule has 0 aliphatic rings. The molecule has 1 N–H and O–H groups in total. The van der Waals surface area contributed by atoms with Gasteiger partial charge in [0.15, 0.2) is 5.78 Å². The predicted octanol–water partition coefficient (Wildman–Crippen LogP) is 6.95. The number of hydrogen-bond acceptors (Lipinski definition) is 4. The molecule has 0 unspecified atom stereocenters. The number of ketones is 1. The summed E-state index contributed by atoms with van der Waals surface area (Å²) < 4.78 is 11.0. The van der Waals surface area contributed by atoms with Gasteiger partial charge in [-0.05, 0) is 72.6 Å².